The summed E-state index contributed by atoms with van der Waals surface area (Å²) in [6.45, 7) is 3.83. The van der Waals surface area contributed by atoms with Gasteiger partial charge in [-0.3, -0.25) is 14.6 Å². The summed E-state index contributed by atoms with van der Waals surface area (Å²) in [5, 5.41) is 5.69. The zero-order valence-corrected chi connectivity index (χ0v) is 17.3. The highest BCUT2D eigenvalue weighted by Crippen LogP contribution is 2.38. The van der Waals surface area contributed by atoms with Crippen LogP contribution in [0, 0.1) is 0 Å². The van der Waals surface area contributed by atoms with Crippen LogP contribution in [-0.4, -0.2) is 41.0 Å². The van der Waals surface area contributed by atoms with Crippen molar-refractivity contribution in [2.75, 3.05) is 13.2 Å². The molecule has 0 saturated carbocycles. The fourth-order valence-corrected chi connectivity index (χ4v) is 2.81. The van der Waals surface area contributed by atoms with Gasteiger partial charge in [-0.1, -0.05) is 29.8 Å². The van der Waals surface area contributed by atoms with Gasteiger partial charge in [-0.2, -0.15) is 0 Å². The molecule has 1 aromatic carbocycles. The Bertz CT molecular complexity index is 1010. The van der Waals surface area contributed by atoms with E-state index in [0.29, 0.717) is 16.5 Å². The SMILES string of the molecule is C=C(CCNC(=O)C1COc2cc(Cl)c(Cl)cc2O1)NC(=O)c1cnc(C(F)F)cn1. The second kappa shape index (κ2) is 9.88. The monoisotopic (exact) mass is 472 g/mol. The van der Waals surface area contributed by atoms with Crippen LogP contribution >= 0.6 is 23.2 Å². The first kappa shape index (κ1) is 22.7. The molecule has 1 aromatic heterocycles. The summed E-state index contributed by atoms with van der Waals surface area (Å²) >= 11 is 11.9. The quantitative estimate of drug-likeness (QED) is 0.640. The molecule has 164 valence electrons. The van der Waals surface area contributed by atoms with Gasteiger partial charge in [0, 0.05) is 30.8 Å². The first-order valence-electron chi connectivity index (χ1n) is 8.90. The smallest absolute Gasteiger partial charge is 0.281 e. The van der Waals surface area contributed by atoms with E-state index in [-0.39, 0.29) is 36.0 Å². The highest BCUT2D eigenvalue weighted by molar-refractivity contribution is 6.42. The molecule has 12 heteroatoms. The number of nitrogens with one attached hydrogen (secondary N) is 2. The van der Waals surface area contributed by atoms with Gasteiger partial charge in [0.25, 0.3) is 18.2 Å². The maximum atomic E-state index is 12.5. The Kier molecular flexibility index (Phi) is 7.24. The van der Waals surface area contributed by atoms with E-state index >= 15 is 0 Å². The molecule has 2 heterocycles. The number of hydrogen-bond acceptors (Lipinski definition) is 6. The van der Waals surface area contributed by atoms with E-state index in [0.717, 1.165) is 12.4 Å². The molecule has 0 fully saturated rings. The van der Waals surface area contributed by atoms with Crippen molar-refractivity contribution >= 4 is 35.0 Å². The molecule has 0 spiro atoms. The average Bonchev–Trinajstić information content (AvgIpc) is 2.74. The maximum absolute atomic E-state index is 12.5. The van der Waals surface area contributed by atoms with Crippen LogP contribution in [0.4, 0.5) is 8.78 Å². The lowest BCUT2D eigenvalue weighted by Crippen LogP contribution is -2.44. The number of carbonyl (C=O) groups is 2. The van der Waals surface area contributed by atoms with Gasteiger partial charge in [-0.15, -0.1) is 0 Å². The standard InChI is InChI=1S/C19H16Cl2F2N4O4/c1-9(27-18(28)13-7-25-12(6-26-13)17(22)23)2-3-24-19(29)16-8-30-14-4-10(20)11(21)5-15(14)31-16/h4-7,16-17H,1-3,8H2,(H,24,29)(H,27,28). The van der Waals surface area contributed by atoms with Crippen molar-refractivity contribution in [2.24, 2.45) is 0 Å². The number of alkyl halides is 2. The molecular formula is C19H16Cl2F2N4O4. The third-order valence-electron chi connectivity index (χ3n) is 4.08. The lowest BCUT2D eigenvalue weighted by atomic mass is 10.2. The minimum atomic E-state index is -2.77. The van der Waals surface area contributed by atoms with Crippen LogP contribution in [0.2, 0.25) is 10.0 Å². The van der Waals surface area contributed by atoms with Gasteiger partial charge in [0.15, 0.2) is 11.5 Å². The fraction of sp³-hybridized carbons (Fsp3) is 0.263. The van der Waals surface area contributed by atoms with Gasteiger partial charge in [-0.25, -0.2) is 13.8 Å². The summed E-state index contributed by atoms with van der Waals surface area (Å²) in [6.07, 6.45) is -1.68. The Labute approximate surface area is 185 Å². The molecule has 31 heavy (non-hydrogen) atoms. The number of rotatable bonds is 7. The van der Waals surface area contributed by atoms with Crippen molar-refractivity contribution in [3.05, 3.63) is 58.2 Å². The molecule has 1 atom stereocenters. The van der Waals surface area contributed by atoms with Crippen LogP contribution < -0.4 is 20.1 Å². The molecule has 3 rings (SSSR count). The number of halogens is 4. The van der Waals surface area contributed by atoms with Gasteiger partial charge in [0.05, 0.1) is 22.4 Å². The molecule has 2 amide bonds. The van der Waals surface area contributed by atoms with Crippen molar-refractivity contribution in [3.8, 4) is 11.5 Å². The summed E-state index contributed by atoms with van der Waals surface area (Å²) in [5.74, 6) is -0.388. The van der Waals surface area contributed by atoms with E-state index in [1.807, 2.05) is 0 Å². The summed E-state index contributed by atoms with van der Waals surface area (Å²) < 4.78 is 36.0. The highest BCUT2D eigenvalue weighted by Gasteiger charge is 2.28. The number of amides is 2. The molecule has 0 aliphatic carbocycles. The summed E-state index contributed by atoms with van der Waals surface area (Å²) in [6, 6.07) is 2.97. The zero-order chi connectivity index (χ0) is 22.5. The predicted molar refractivity (Wildman–Crippen MR) is 108 cm³/mol. The number of nitrogens with zero attached hydrogens (tertiary/aromatic N) is 2. The van der Waals surface area contributed by atoms with Crippen molar-refractivity contribution in [1.82, 2.24) is 20.6 Å². The van der Waals surface area contributed by atoms with E-state index in [1.54, 1.807) is 0 Å². The Morgan fingerprint density at radius 1 is 1.19 bits per heavy atom. The molecule has 1 aliphatic heterocycles. The second-order valence-corrected chi connectivity index (χ2v) is 7.17. The highest BCUT2D eigenvalue weighted by atomic mass is 35.5. The number of ether oxygens (including phenoxy) is 2. The van der Waals surface area contributed by atoms with Crippen LogP contribution in [0.3, 0.4) is 0 Å². The van der Waals surface area contributed by atoms with Crippen LogP contribution in [0.1, 0.15) is 29.0 Å². The molecule has 1 unspecified atom stereocenters. The van der Waals surface area contributed by atoms with Crippen molar-refractivity contribution in [3.63, 3.8) is 0 Å². The van der Waals surface area contributed by atoms with Gasteiger partial charge in [0.1, 0.15) is 18.0 Å². The Morgan fingerprint density at radius 2 is 1.90 bits per heavy atom. The minimum Gasteiger partial charge on any atom is -0.485 e. The lowest BCUT2D eigenvalue weighted by molar-refractivity contribution is -0.130. The van der Waals surface area contributed by atoms with Crippen LogP contribution in [0.15, 0.2) is 36.8 Å². The third kappa shape index (κ3) is 5.80. The molecule has 1 aliphatic rings. The molecule has 2 aromatic rings. The predicted octanol–water partition coefficient (Wildman–Crippen LogP) is 3.31. The Hall–Kier alpha value is -2.98. The number of benzene rings is 1. The maximum Gasteiger partial charge on any atom is 0.281 e. The number of carbonyl (C=O) groups excluding carboxylic acids is 2. The van der Waals surface area contributed by atoms with Gasteiger partial charge < -0.3 is 20.1 Å². The van der Waals surface area contributed by atoms with Gasteiger partial charge in [-0.05, 0) is 0 Å². The van der Waals surface area contributed by atoms with Crippen LogP contribution in [0.25, 0.3) is 0 Å². The van der Waals surface area contributed by atoms with Crippen molar-refractivity contribution in [1.29, 1.82) is 0 Å². The topological polar surface area (TPSA) is 102 Å². The number of aromatic nitrogens is 2. The van der Waals surface area contributed by atoms with Gasteiger partial charge in [0.2, 0.25) is 6.10 Å². The molecule has 0 bridgehead atoms. The van der Waals surface area contributed by atoms with Crippen LogP contribution in [-0.2, 0) is 4.79 Å². The van der Waals surface area contributed by atoms with Crippen LogP contribution in [0.5, 0.6) is 11.5 Å². The Morgan fingerprint density at radius 3 is 2.55 bits per heavy atom. The Balaban J connectivity index is 1.44. The first-order valence-corrected chi connectivity index (χ1v) is 9.65. The van der Waals surface area contributed by atoms with E-state index in [4.69, 9.17) is 32.7 Å². The molecule has 0 saturated heterocycles. The fourth-order valence-electron chi connectivity index (χ4n) is 2.50. The summed E-state index contributed by atoms with van der Waals surface area (Å²) in [4.78, 5) is 31.5. The minimum absolute atomic E-state index is 0.0121. The van der Waals surface area contributed by atoms with E-state index in [1.165, 1.54) is 12.1 Å². The lowest BCUT2D eigenvalue weighted by Gasteiger charge is -2.26. The molecule has 2 N–H and O–H groups in total. The first-order chi connectivity index (χ1) is 14.7. The molecule has 0 radical (unpaired) electrons. The van der Waals surface area contributed by atoms with Gasteiger partial charge >= 0.3 is 0 Å². The molecular weight excluding hydrogens is 457 g/mol. The van der Waals surface area contributed by atoms with Crippen molar-refractivity contribution in [2.45, 2.75) is 19.0 Å². The number of hydrogen-bond donors (Lipinski definition) is 2. The van der Waals surface area contributed by atoms with E-state index < -0.39 is 30.0 Å². The van der Waals surface area contributed by atoms with E-state index in [9.17, 15) is 18.4 Å². The summed E-state index contributed by atoms with van der Waals surface area (Å²) in [5.41, 5.74) is -0.377. The zero-order valence-electron chi connectivity index (χ0n) is 15.8. The second-order valence-electron chi connectivity index (χ2n) is 6.36. The van der Waals surface area contributed by atoms with E-state index in [2.05, 4.69) is 27.2 Å². The normalized spacial score (nSPS) is 14.8. The van der Waals surface area contributed by atoms with Crippen molar-refractivity contribution < 1.29 is 27.8 Å². The molecule has 8 nitrogen and oxygen atoms in total. The third-order valence-corrected chi connectivity index (χ3v) is 4.81. The largest absolute Gasteiger partial charge is 0.485 e. The average molecular weight is 473 g/mol. The summed E-state index contributed by atoms with van der Waals surface area (Å²) in [7, 11) is 0. The number of fused-ring (bicyclic) bond motifs is 1.